The molecule has 2 aliphatic rings. The summed E-state index contributed by atoms with van der Waals surface area (Å²) < 4.78 is 7.83. The van der Waals surface area contributed by atoms with Crippen LogP contribution < -0.4 is 16.6 Å². The van der Waals surface area contributed by atoms with E-state index in [9.17, 15) is 14.4 Å². The van der Waals surface area contributed by atoms with E-state index in [0.717, 1.165) is 24.1 Å². The molecule has 8 heteroatoms. The van der Waals surface area contributed by atoms with Crippen molar-refractivity contribution in [3.05, 3.63) is 32.6 Å². The highest BCUT2D eigenvalue weighted by Gasteiger charge is 2.37. The second-order valence-electron chi connectivity index (χ2n) is 6.43. The van der Waals surface area contributed by atoms with E-state index in [1.165, 1.54) is 24.7 Å². The number of aromatic nitrogens is 2. The van der Waals surface area contributed by atoms with E-state index in [4.69, 9.17) is 4.74 Å². The lowest BCUT2D eigenvalue weighted by Gasteiger charge is -2.33. The molecule has 0 saturated carbocycles. The van der Waals surface area contributed by atoms with Gasteiger partial charge in [-0.3, -0.25) is 23.6 Å². The molecule has 23 heavy (non-hydrogen) atoms. The van der Waals surface area contributed by atoms with Crippen LogP contribution in [0.2, 0.25) is 0 Å². The van der Waals surface area contributed by atoms with Gasteiger partial charge in [0.05, 0.1) is 12.7 Å². The number of fused-ring (bicyclic) bond motifs is 1. The first-order chi connectivity index (χ1) is 10.9. The van der Waals surface area contributed by atoms with Crippen molar-refractivity contribution in [1.82, 2.24) is 19.4 Å². The first kappa shape index (κ1) is 15.9. The minimum atomic E-state index is -0.506. The zero-order chi connectivity index (χ0) is 16.7. The van der Waals surface area contributed by atoms with Crippen LogP contribution in [0.5, 0.6) is 0 Å². The zero-order valence-corrected chi connectivity index (χ0v) is 13.6. The number of hydrogen-bond acceptors (Lipinski definition) is 5. The van der Waals surface area contributed by atoms with E-state index in [-0.39, 0.29) is 23.7 Å². The summed E-state index contributed by atoms with van der Waals surface area (Å²) in [6, 6.07) is 1.52. The zero-order valence-electron chi connectivity index (χ0n) is 13.6. The van der Waals surface area contributed by atoms with Crippen molar-refractivity contribution in [2.75, 3.05) is 19.7 Å². The first-order valence-electron chi connectivity index (χ1n) is 7.80. The molecule has 0 bridgehead atoms. The molecule has 0 radical (unpaired) electrons. The Hall–Kier alpha value is -1.93. The van der Waals surface area contributed by atoms with E-state index in [1.54, 1.807) is 0 Å². The Morgan fingerprint density at radius 3 is 2.74 bits per heavy atom. The summed E-state index contributed by atoms with van der Waals surface area (Å²) in [5.41, 5.74) is -0.898. The third-order valence-electron chi connectivity index (χ3n) is 4.69. The molecule has 0 aromatic carbocycles. The molecule has 0 unspecified atom stereocenters. The van der Waals surface area contributed by atoms with Crippen molar-refractivity contribution in [2.45, 2.75) is 31.5 Å². The molecule has 1 aromatic rings. The van der Waals surface area contributed by atoms with Gasteiger partial charge in [0.2, 0.25) is 0 Å². The maximum Gasteiger partial charge on any atom is 0.331 e. The number of morpholine rings is 1. The Morgan fingerprint density at radius 1 is 1.26 bits per heavy atom. The van der Waals surface area contributed by atoms with Gasteiger partial charge in [-0.1, -0.05) is 0 Å². The molecule has 3 heterocycles. The molecule has 3 atom stereocenters. The van der Waals surface area contributed by atoms with Crippen molar-refractivity contribution < 1.29 is 9.53 Å². The molecule has 1 aromatic heterocycles. The third-order valence-corrected chi connectivity index (χ3v) is 4.69. The fourth-order valence-corrected chi connectivity index (χ4v) is 3.35. The largest absolute Gasteiger partial charge is 0.376 e. The van der Waals surface area contributed by atoms with Gasteiger partial charge in [0.25, 0.3) is 11.5 Å². The van der Waals surface area contributed by atoms with E-state index in [1.807, 2.05) is 6.92 Å². The van der Waals surface area contributed by atoms with Crippen LogP contribution in [0.4, 0.5) is 0 Å². The third kappa shape index (κ3) is 2.96. The second kappa shape index (κ2) is 5.93. The Labute approximate surface area is 133 Å². The molecule has 3 rings (SSSR count). The van der Waals surface area contributed by atoms with Gasteiger partial charge in [-0.25, -0.2) is 4.79 Å². The van der Waals surface area contributed by atoms with E-state index >= 15 is 0 Å². The second-order valence-corrected chi connectivity index (χ2v) is 6.43. The average Bonchev–Trinajstić information content (AvgIpc) is 2.89. The van der Waals surface area contributed by atoms with Crippen molar-refractivity contribution in [3.8, 4) is 0 Å². The molecule has 2 fully saturated rings. The van der Waals surface area contributed by atoms with Gasteiger partial charge in [-0.2, -0.15) is 0 Å². The number of ether oxygens (including phenoxy) is 1. The van der Waals surface area contributed by atoms with Crippen LogP contribution in [0.25, 0.3) is 0 Å². The summed E-state index contributed by atoms with van der Waals surface area (Å²) in [7, 11) is 2.88. The van der Waals surface area contributed by atoms with E-state index < -0.39 is 11.2 Å². The molecule has 2 aliphatic heterocycles. The maximum atomic E-state index is 12.4. The smallest absolute Gasteiger partial charge is 0.331 e. The van der Waals surface area contributed by atoms with Crippen molar-refractivity contribution in [2.24, 2.45) is 14.1 Å². The normalized spacial score (nSPS) is 27.7. The van der Waals surface area contributed by atoms with Crippen LogP contribution >= 0.6 is 0 Å². The molecule has 0 spiro atoms. The minimum Gasteiger partial charge on any atom is -0.376 e. The minimum absolute atomic E-state index is 0.000519. The van der Waals surface area contributed by atoms with Gasteiger partial charge >= 0.3 is 5.69 Å². The lowest BCUT2D eigenvalue weighted by atomic mass is 10.1. The molecule has 126 valence electrons. The predicted octanol–water partition coefficient (Wildman–Crippen LogP) is -1.32. The highest BCUT2D eigenvalue weighted by Crippen LogP contribution is 2.23. The highest BCUT2D eigenvalue weighted by molar-refractivity contribution is 5.92. The Balaban J connectivity index is 1.74. The molecule has 8 nitrogen and oxygen atoms in total. The summed E-state index contributed by atoms with van der Waals surface area (Å²) in [5, 5.41) is 2.94. The molecule has 1 N–H and O–H groups in total. The van der Waals surface area contributed by atoms with Gasteiger partial charge in [0.1, 0.15) is 5.69 Å². The predicted molar refractivity (Wildman–Crippen MR) is 83.6 cm³/mol. The number of rotatable bonds is 2. The first-order valence-corrected chi connectivity index (χ1v) is 7.80. The Morgan fingerprint density at radius 2 is 2.00 bits per heavy atom. The summed E-state index contributed by atoms with van der Waals surface area (Å²) in [6.07, 6.45) is 1.02. The average molecular weight is 322 g/mol. The van der Waals surface area contributed by atoms with Crippen LogP contribution in [0.1, 0.15) is 23.8 Å². The summed E-state index contributed by atoms with van der Waals surface area (Å²) in [6.45, 7) is 4.35. The van der Waals surface area contributed by atoms with Crippen LogP contribution in [-0.4, -0.2) is 57.8 Å². The van der Waals surface area contributed by atoms with Gasteiger partial charge in [-0.15, -0.1) is 0 Å². The van der Waals surface area contributed by atoms with Crippen LogP contribution in [0.3, 0.4) is 0 Å². The topological polar surface area (TPSA) is 85.6 Å². The van der Waals surface area contributed by atoms with Gasteiger partial charge < -0.3 is 10.1 Å². The Bertz CT molecular complexity index is 738. The fraction of sp³-hybridized carbons (Fsp3) is 0.667. The maximum absolute atomic E-state index is 12.4. The quantitative estimate of drug-likeness (QED) is 0.730. The van der Waals surface area contributed by atoms with Gasteiger partial charge in [0.15, 0.2) is 0 Å². The number of hydrogen-bond donors (Lipinski definition) is 1. The summed E-state index contributed by atoms with van der Waals surface area (Å²) >= 11 is 0. The number of nitrogens with zero attached hydrogens (tertiary/aromatic N) is 3. The van der Waals surface area contributed by atoms with Crippen LogP contribution in [0.15, 0.2) is 15.7 Å². The molecule has 0 aliphatic carbocycles. The SMILES string of the molecule is C[C@H]1CN2C[C@H](NC(=O)c3cc(=O)n(C)c(=O)n3C)C[C@H]2CO1. The lowest BCUT2D eigenvalue weighted by molar-refractivity contribution is -0.0390. The number of nitrogens with one attached hydrogen (secondary N) is 1. The van der Waals surface area contributed by atoms with E-state index in [0.29, 0.717) is 12.6 Å². The molecular formula is C15H22N4O4. The van der Waals surface area contributed by atoms with Crippen molar-refractivity contribution in [3.63, 3.8) is 0 Å². The summed E-state index contributed by atoms with van der Waals surface area (Å²) in [5.74, 6) is -0.388. The monoisotopic (exact) mass is 322 g/mol. The Kier molecular flexibility index (Phi) is 4.11. The van der Waals surface area contributed by atoms with Crippen molar-refractivity contribution in [1.29, 1.82) is 0 Å². The van der Waals surface area contributed by atoms with E-state index in [2.05, 4.69) is 10.2 Å². The van der Waals surface area contributed by atoms with Crippen molar-refractivity contribution >= 4 is 5.91 Å². The van der Waals surface area contributed by atoms with Gasteiger partial charge in [-0.05, 0) is 13.3 Å². The standard InChI is InChI=1S/C15H22N4O4/c1-9-6-19-7-10(4-11(19)8-23-9)16-14(21)12-5-13(20)18(3)15(22)17(12)2/h5,9-11H,4,6-8H2,1-3H3,(H,16,21)/t9-,10+,11-/m0/s1. The van der Waals surface area contributed by atoms with Crippen LogP contribution in [-0.2, 0) is 18.8 Å². The van der Waals surface area contributed by atoms with Crippen LogP contribution in [0, 0.1) is 0 Å². The highest BCUT2D eigenvalue weighted by atomic mass is 16.5. The van der Waals surface area contributed by atoms with Gasteiger partial charge in [0, 0.05) is 45.3 Å². The fourth-order valence-electron chi connectivity index (χ4n) is 3.35. The lowest BCUT2D eigenvalue weighted by Crippen LogP contribution is -2.45. The molecule has 1 amide bonds. The molecule has 2 saturated heterocycles. The summed E-state index contributed by atoms with van der Waals surface area (Å²) in [4.78, 5) is 38.4. The number of carbonyl (C=O) groups excluding carboxylic acids is 1. The molecular weight excluding hydrogens is 300 g/mol. The number of carbonyl (C=O) groups is 1. The number of amides is 1.